The van der Waals surface area contributed by atoms with E-state index in [0.717, 1.165) is 22.2 Å². The number of benzene rings is 10. The summed E-state index contributed by atoms with van der Waals surface area (Å²) in [5.41, 5.74) is 12.6. The Morgan fingerprint density at radius 3 is 1.70 bits per heavy atom. The standard InChI is InChI=1S/C59H35N3S/c1-2-15-37(16-3-1)58-48-35-54(59-57(45-21-9-13-25-55(45)63-59)56(48)44-20-6-10-22-49(44)60-58)62-51-24-12-8-19-43(51)47-34-40(28-31-53(47)62)39-27-30-52-46(33-39)42-18-7-11-23-50(42)61(52)41-29-26-36-14-4-5-17-38(36)32-41/h1-35H. The third-order valence-corrected chi connectivity index (χ3v) is 14.4. The summed E-state index contributed by atoms with van der Waals surface area (Å²) in [6.07, 6.45) is 0. The average Bonchev–Trinajstić information content (AvgIpc) is 4.01. The number of rotatable bonds is 4. The molecule has 3 nitrogen and oxygen atoms in total. The maximum absolute atomic E-state index is 5.40. The lowest BCUT2D eigenvalue weighted by Crippen LogP contribution is -1.97. The van der Waals surface area contributed by atoms with Crippen LogP contribution in [0.2, 0.25) is 0 Å². The Kier molecular flexibility index (Phi) is 7.27. The van der Waals surface area contributed by atoms with Crippen molar-refractivity contribution in [1.82, 2.24) is 14.1 Å². The van der Waals surface area contributed by atoms with Crippen molar-refractivity contribution in [3.05, 3.63) is 212 Å². The van der Waals surface area contributed by atoms with Gasteiger partial charge in [0.05, 0.1) is 43.7 Å². The molecule has 0 saturated carbocycles. The first kappa shape index (κ1) is 34.6. The zero-order valence-corrected chi connectivity index (χ0v) is 34.8. The van der Waals surface area contributed by atoms with Crippen LogP contribution in [0.1, 0.15) is 0 Å². The smallest absolute Gasteiger partial charge is 0.0789 e. The molecule has 0 aliphatic heterocycles. The minimum Gasteiger partial charge on any atom is -0.309 e. The summed E-state index contributed by atoms with van der Waals surface area (Å²) in [6.45, 7) is 0. The van der Waals surface area contributed by atoms with Crippen LogP contribution >= 0.6 is 11.3 Å². The van der Waals surface area contributed by atoms with Gasteiger partial charge in [0.25, 0.3) is 0 Å². The van der Waals surface area contributed by atoms with E-state index in [9.17, 15) is 0 Å². The van der Waals surface area contributed by atoms with Crippen molar-refractivity contribution >= 4 is 108 Å². The summed E-state index contributed by atoms with van der Waals surface area (Å²) in [5, 5.41) is 13.6. The number of aromatic nitrogens is 3. The van der Waals surface area contributed by atoms with Crippen molar-refractivity contribution in [2.24, 2.45) is 0 Å². The van der Waals surface area contributed by atoms with E-state index in [1.165, 1.54) is 108 Å². The topological polar surface area (TPSA) is 22.8 Å². The normalized spacial score (nSPS) is 12.1. The molecule has 0 atom stereocenters. The summed E-state index contributed by atoms with van der Waals surface area (Å²) in [6, 6.07) is 77.8. The first-order valence-corrected chi connectivity index (χ1v) is 22.4. The van der Waals surface area contributed by atoms with Gasteiger partial charge < -0.3 is 9.13 Å². The molecular weight excluding hydrogens is 783 g/mol. The van der Waals surface area contributed by atoms with E-state index in [4.69, 9.17) is 4.98 Å². The molecule has 292 valence electrons. The van der Waals surface area contributed by atoms with Crippen molar-refractivity contribution in [2.75, 3.05) is 0 Å². The molecule has 0 bridgehead atoms. The number of fused-ring (bicyclic) bond motifs is 14. The van der Waals surface area contributed by atoms with Crippen LogP contribution in [0.3, 0.4) is 0 Å². The summed E-state index contributed by atoms with van der Waals surface area (Å²) < 4.78 is 7.48. The summed E-state index contributed by atoms with van der Waals surface area (Å²) >= 11 is 1.89. The summed E-state index contributed by atoms with van der Waals surface area (Å²) in [5.74, 6) is 0. The van der Waals surface area contributed by atoms with E-state index in [1.54, 1.807) is 0 Å². The second kappa shape index (κ2) is 13.2. The number of hydrogen-bond donors (Lipinski definition) is 0. The largest absolute Gasteiger partial charge is 0.309 e. The highest BCUT2D eigenvalue weighted by Gasteiger charge is 2.23. The van der Waals surface area contributed by atoms with Crippen molar-refractivity contribution in [3.8, 4) is 33.8 Å². The van der Waals surface area contributed by atoms with E-state index >= 15 is 0 Å². The summed E-state index contributed by atoms with van der Waals surface area (Å²) in [7, 11) is 0. The fraction of sp³-hybridized carbons (Fsp3) is 0. The maximum Gasteiger partial charge on any atom is 0.0789 e. The number of para-hydroxylation sites is 3. The third kappa shape index (κ3) is 5.04. The average molecular weight is 818 g/mol. The van der Waals surface area contributed by atoms with Gasteiger partial charge in [0.1, 0.15) is 0 Å². The Hall–Kier alpha value is -8.05. The highest BCUT2D eigenvalue weighted by Crippen LogP contribution is 2.48. The third-order valence-electron chi connectivity index (χ3n) is 13.2. The monoisotopic (exact) mass is 817 g/mol. The molecule has 4 aromatic heterocycles. The highest BCUT2D eigenvalue weighted by atomic mass is 32.1. The molecule has 14 rings (SSSR count). The van der Waals surface area contributed by atoms with Gasteiger partial charge in [-0.3, -0.25) is 0 Å². The molecule has 0 fully saturated rings. The first-order chi connectivity index (χ1) is 31.2. The van der Waals surface area contributed by atoms with Crippen molar-refractivity contribution in [2.45, 2.75) is 0 Å². The molecule has 0 aliphatic rings. The Morgan fingerprint density at radius 2 is 0.937 bits per heavy atom. The Labute approximate surface area is 365 Å². The molecule has 0 N–H and O–H groups in total. The van der Waals surface area contributed by atoms with Crippen LogP contribution in [0.4, 0.5) is 0 Å². The number of pyridine rings is 1. The SMILES string of the molecule is c1ccc(-c2nc3ccccc3c3c2cc(-n2c4ccccc4c4cc(-c5ccc6c(c5)c5ccccc5n6-c5ccc6ccccc6c5)ccc42)c2sc4ccccc4c23)cc1. The molecular formula is C59H35N3S. The van der Waals surface area contributed by atoms with Gasteiger partial charge in [0, 0.05) is 64.4 Å². The van der Waals surface area contributed by atoms with Crippen LogP contribution in [-0.4, -0.2) is 14.1 Å². The fourth-order valence-corrected chi connectivity index (χ4v) is 11.7. The van der Waals surface area contributed by atoms with Gasteiger partial charge in [0.15, 0.2) is 0 Å². The highest BCUT2D eigenvalue weighted by molar-refractivity contribution is 7.26. The van der Waals surface area contributed by atoms with Crippen LogP contribution in [0.25, 0.3) is 130 Å². The second-order valence-electron chi connectivity index (χ2n) is 16.7. The van der Waals surface area contributed by atoms with E-state index in [1.807, 2.05) is 11.3 Å². The quantitative estimate of drug-likeness (QED) is 0.162. The molecule has 10 aromatic carbocycles. The molecule has 0 aliphatic carbocycles. The molecule has 4 heterocycles. The van der Waals surface area contributed by atoms with Crippen molar-refractivity contribution in [1.29, 1.82) is 0 Å². The first-order valence-electron chi connectivity index (χ1n) is 21.5. The van der Waals surface area contributed by atoms with Gasteiger partial charge in [-0.05, 0) is 88.6 Å². The maximum atomic E-state index is 5.40. The van der Waals surface area contributed by atoms with Gasteiger partial charge >= 0.3 is 0 Å². The van der Waals surface area contributed by atoms with Crippen LogP contribution in [-0.2, 0) is 0 Å². The van der Waals surface area contributed by atoms with Gasteiger partial charge in [-0.15, -0.1) is 11.3 Å². The second-order valence-corrected chi connectivity index (χ2v) is 17.7. The minimum atomic E-state index is 1.00. The molecule has 0 amide bonds. The number of hydrogen-bond acceptors (Lipinski definition) is 2. The lowest BCUT2D eigenvalue weighted by molar-refractivity contribution is 1.19. The van der Waals surface area contributed by atoms with Gasteiger partial charge in [-0.25, -0.2) is 4.98 Å². The van der Waals surface area contributed by atoms with Crippen molar-refractivity contribution in [3.63, 3.8) is 0 Å². The Morgan fingerprint density at radius 1 is 0.349 bits per heavy atom. The number of nitrogens with zero attached hydrogens (tertiary/aromatic N) is 3. The fourth-order valence-electron chi connectivity index (χ4n) is 10.5. The van der Waals surface area contributed by atoms with Gasteiger partial charge in [0.2, 0.25) is 0 Å². The predicted octanol–water partition coefficient (Wildman–Crippen LogP) is 16.4. The Balaban J connectivity index is 1.02. The van der Waals surface area contributed by atoms with Crippen LogP contribution in [0.5, 0.6) is 0 Å². The van der Waals surface area contributed by atoms with Crippen molar-refractivity contribution < 1.29 is 0 Å². The lowest BCUT2D eigenvalue weighted by Gasteiger charge is -2.16. The molecule has 14 aromatic rings. The molecule has 0 saturated heterocycles. The molecule has 63 heavy (non-hydrogen) atoms. The summed E-state index contributed by atoms with van der Waals surface area (Å²) in [4.78, 5) is 5.40. The van der Waals surface area contributed by atoms with Gasteiger partial charge in [-0.1, -0.05) is 146 Å². The van der Waals surface area contributed by atoms with Crippen LogP contribution < -0.4 is 0 Å². The molecule has 0 unspecified atom stereocenters. The van der Waals surface area contributed by atoms with Gasteiger partial charge in [-0.2, -0.15) is 0 Å². The van der Waals surface area contributed by atoms with E-state index in [0.29, 0.717) is 0 Å². The number of thiophene rings is 1. The van der Waals surface area contributed by atoms with E-state index in [-0.39, 0.29) is 0 Å². The predicted molar refractivity (Wildman–Crippen MR) is 269 cm³/mol. The molecule has 4 heteroatoms. The minimum absolute atomic E-state index is 1.00. The Bertz CT molecular complexity index is 4210. The zero-order valence-electron chi connectivity index (χ0n) is 34.0. The molecule has 0 radical (unpaired) electrons. The molecule has 0 spiro atoms. The lowest BCUT2D eigenvalue weighted by atomic mass is 9.95. The van der Waals surface area contributed by atoms with E-state index < -0.39 is 0 Å². The van der Waals surface area contributed by atoms with Crippen LogP contribution in [0, 0.1) is 0 Å². The van der Waals surface area contributed by atoms with E-state index in [2.05, 4.69) is 221 Å². The zero-order chi connectivity index (χ0) is 41.2. The van der Waals surface area contributed by atoms with Crippen LogP contribution in [0.15, 0.2) is 212 Å².